The lowest BCUT2D eigenvalue weighted by molar-refractivity contribution is 0.0697. The third kappa shape index (κ3) is 2.11. The predicted octanol–water partition coefficient (Wildman–Crippen LogP) is 2.11. The molecule has 20 heavy (non-hydrogen) atoms. The van der Waals surface area contributed by atoms with E-state index in [9.17, 15) is 15.0 Å². The molecule has 0 amide bonds. The Labute approximate surface area is 121 Å². The Morgan fingerprint density at radius 1 is 1.30 bits per heavy atom. The first-order valence-corrected chi connectivity index (χ1v) is 7.14. The normalized spacial score (nSPS) is 28.7. The van der Waals surface area contributed by atoms with E-state index in [-0.39, 0.29) is 23.8 Å². The van der Waals surface area contributed by atoms with Crippen LogP contribution in [0.3, 0.4) is 0 Å². The highest BCUT2D eigenvalue weighted by Gasteiger charge is 2.42. The molecule has 6 heteroatoms. The Kier molecular flexibility index (Phi) is 3.26. The number of carboxylic acid groups (broad SMARTS) is 1. The molecule has 2 bridgehead atoms. The third-order valence-corrected chi connectivity index (χ3v) is 4.57. The van der Waals surface area contributed by atoms with Crippen LogP contribution in [0.5, 0.6) is 0 Å². The number of halogens is 1. The average Bonchev–Trinajstić information content (AvgIpc) is 2.61. The molecule has 0 aromatic heterocycles. The van der Waals surface area contributed by atoms with E-state index in [0.717, 1.165) is 12.8 Å². The van der Waals surface area contributed by atoms with E-state index in [4.69, 9.17) is 17.3 Å². The zero-order chi connectivity index (χ0) is 14.4. The number of aliphatic hydroxyl groups is 1. The quantitative estimate of drug-likeness (QED) is 0.728. The van der Waals surface area contributed by atoms with Gasteiger partial charge in [0.05, 0.1) is 22.4 Å². The molecule has 1 aromatic carbocycles. The van der Waals surface area contributed by atoms with Crippen LogP contribution in [0, 0.1) is 0 Å². The molecule has 4 N–H and O–H groups in total. The summed E-state index contributed by atoms with van der Waals surface area (Å²) in [5, 5.41) is 19.6. The van der Waals surface area contributed by atoms with Crippen molar-refractivity contribution in [2.45, 2.75) is 43.9 Å². The second-order valence-electron chi connectivity index (χ2n) is 5.62. The summed E-state index contributed by atoms with van der Waals surface area (Å²) in [5.74, 6) is -1.03. The Morgan fingerprint density at radius 2 is 1.90 bits per heavy atom. The number of nitrogen functional groups attached to an aromatic ring is 1. The van der Waals surface area contributed by atoms with Crippen LogP contribution in [0.2, 0.25) is 5.02 Å². The molecule has 0 radical (unpaired) electrons. The minimum atomic E-state index is -1.03. The number of carbonyl (C=O) groups is 1. The van der Waals surface area contributed by atoms with Gasteiger partial charge in [-0.2, -0.15) is 0 Å². The SMILES string of the molecule is Nc1cc(Cl)c(N2C3CCC2CC(O)C3)c(C(=O)O)c1. The summed E-state index contributed by atoms with van der Waals surface area (Å²) in [5.41, 5.74) is 6.73. The lowest BCUT2D eigenvalue weighted by Crippen LogP contribution is -2.45. The van der Waals surface area contributed by atoms with Gasteiger partial charge in [-0.25, -0.2) is 4.79 Å². The van der Waals surface area contributed by atoms with Crippen molar-refractivity contribution < 1.29 is 15.0 Å². The number of anilines is 2. The Hall–Kier alpha value is -1.46. The Morgan fingerprint density at radius 3 is 2.45 bits per heavy atom. The maximum absolute atomic E-state index is 11.5. The van der Waals surface area contributed by atoms with Crippen LogP contribution in [0.4, 0.5) is 11.4 Å². The number of aliphatic hydroxyl groups excluding tert-OH is 1. The van der Waals surface area contributed by atoms with Crippen molar-refractivity contribution in [3.8, 4) is 0 Å². The molecule has 0 aliphatic carbocycles. The lowest BCUT2D eigenvalue weighted by atomic mass is 9.97. The average molecular weight is 297 g/mol. The molecule has 108 valence electrons. The summed E-state index contributed by atoms with van der Waals surface area (Å²) >= 11 is 6.26. The fourth-order valence-electron chi connectivity index (χ4n) is 3.56. The molecule has 2 fully saturated rings. The number of nitrogens with two attached hydrogens (primary N) is 1. The van der Waals surface area contributed by atoms with Gasteiger partial charge in [-0.3, -0.25) is 0 Å². The number of hydrogen-bond donors (Lipinski definition) is 3. The van der Waals surface area contributed by atoms with Crippen LogP contribution in [-0.2, 0) is 0 Å². The van der Waals surface area contributed by atoms with E-state index >= 15 is 0 Å². The highest BCUT2D eigenvalue weighted by molar-refractivity contribution is 6.34. The van der Waals surface area contributed by atoms with Gasteiger partial charge in [0.25, 0.3) is 0 Å². The van der Waals surface area contributed by atoms with Crippen LogP contribution in [-0.4, -0.2) is 34.4 Å². The van der Waals surface area contributed by atoms with Gasteiger partial charge in [0.15, 0.2) is 0 Å². The molecule has 5 nitrogen and oxygen atoms in total. The van der Waals surface area contributed by atoms with Crippen molar-refractivity contribution in [2.24, 2.45) is 0 Å². The third-order valence-electron chi connectivity index (χ3n) is 4.28. The highest BCUT2D eigenvalue weighted by Crippen LogP contribution is 2.44. The maximum Gasteiger partial charge on any atom is 0.337 e. The molecule has 2 aliphatic rings. The highest BCUT2D eigenvalue weighted by atomic mass is 35.5. The Balaban J connectivity index is 2.09. The van der Waals surface area contributed by atoms with Crippen LogP contribution in [0.15, 0.2) is 12.1 Å². The predicted molar refractivity (Wildman–Crippen MR) is 77.4 cm³/mol. The molecular weight excluding hydrogens is 280 g/mol. The van der Waals surface area contributed by atoms with Gasteiger partial charge in [0, 0.05) is 17.8 Å². The van der Waals surface area contributed by atoms with Crippen LogP contribution in [0.25, 0.3) is 0 Å². The zero-order valence-corrected chi connectivity index (χ0v) is 11.7. The van der Waals surface area contributed by atoms with Gasteiger partial charge in [-0.1, -0.05) is 11.6 Å². The Bertz CT molecular complexity index is 550. The minimum Gasteiger partial charge on any atom is -0.478 e. The van der Waals surface area contributed by atoms with Crippen LogP contribution >= 0.6 is 11.6 Å². The van der Waals surface area contributed by atoms with Crippen LogP contribution in [0.1, 0.15) is 36.0 Å². The van der Waals surface area contributed by atoms with E-state index in [1.807, 2.05) is 0 Å². The number of rotatable bonds is 2. The molecule has 0 spiro atoms. The van der Waals surface area contributed by atoms with E-state index in [1.165, 1.54) is 6.07 Å². The number of benzene rings is 1. The number of piperidine rings is 1. The first-order chi connectivity index (χ1) is 9.47. The van der Waals surface area contributed by atoms with Gasteiger partial charge >= 0.3 is 5.97 Å². The summed E-state index contributed by atoms with van der Waals surface area (Å²) in [4.78, 5) is 13.6. The number of carboxylic acids is 1. The molecule has 0 saturated carbocycles. The zero-order valence-electron chi connectivity index (χ0n) is 10.9. The summed E-state index contributed by atoms with van der Waals surface area (Å²) in [7, 11) is 0. The van der Waals surface area contributed by atoms with Gasteiger partial charge < -0.3 is 20.8 Å². The fourth-order valence-corrected chi connectivity index (χ4v) is 3.88. The maximum atomic E-state index is 11.5. The van der Waals surface area contributed by atoms with Gasteiger partial charge in [0.1, 0.15) is 0 Å². The summed E-state index contributed by atoms with van der Waals surface area (Å²) < 4.78 is 0. The number of aromatic carboxylic acids is 1. The summed E-state index contributed by atoms with van der Waals surface area (Å²) in [6.45, 7) is 0. The second-order valence-corrected chi connectivity index (χ2v) is 6.03. The molecular formula is C14H17ClN2O3. The fraction of sp³-hybridized carbons (Fsp3) is 0.500. The van der Waals surface area contributed by atoms with Crippen molar-refractivity contribution in [1.82, 2.24) is 0 Å². The van der Waals surface area contributed by atoms with Crippen molar-refractivity contribution >= 4 is 28.9 Å². The molecule has 2 heterocycles. The standard InChI is InChI=1S/C14H17ClN2O3/c15-12-4-7(16)3-11(14(19)20)13(12)17-8-1-2-9(17)6-10(18)5-8/h3-4,8-10,18H,1-2,5-6,16H2,(H,19,20). The monoisotopic (exact) mass is 296 g/mol. The van der Waals surface area contributed by atoms with Crippen molar-refractivity contribution in [3.05, 3.63) is 22.7 Å². The first kappa shape index (κ1) is 13.5. The number of hydrogen-bond acceptors (Lipinski definition) is 4. The van der Waals surface area contributed by atoms with E-state index in [0.29, 0.717) is 29.2 Å². The van der Waals surface area contributed by atoms with Crippen molar-refractivity contribution in [3.63, 3.8) is 0 Å². The molecule has 2 aliphatic heterocycles. The van der Waals surface area contributed by atoms with E-state index < -0.39 is 5.97 Å². The number of fused-ring (bicyclic) bond motifs is 2. The molecule has 2 saturated heterocycles. The van der Waals surface area contributed by atoms with Gasteiger partial charge in [-0.05, 0) is 37.8 Å². The van der Waals surface area contributed by atoms with Crippen molar-refractivity contribution in [1.29, 1.82) is 0 Å². The second kappa shape index (κ2) is 4.82. The first-order valence-electron chi connectivity index (χ1n) is 6.76. The summed E-state index contributed by atoms with van der Waals surface area (Å²) in [6, 6.07) is 3.35. The molecule has 1 aromatic rings. The van der Waals surface area contributed by atoms with Crippen molar-refractivity contribution in [2.75, 3.05) is 10.6 Å². The topological polar surface area (TPSA) is 86.8 Å². The van der Waals surface area contributed by atoms with Gasteiger partial charge in [-0.15, -0.1) is 0 Å². The van der Waals surface area contributed by atoms with Gasteiger partial charge in [0.2, 0.25) is 0 Å². The summed E-state index contributed by atoms with van der Waals surface area (Å²) in [6.07, 6.45) is 2.94. The molecule has 2 atom stereocenters. The molecule has 2 unspecified atom stereocenters. The lowest BCUT2D eigenvalue weighted by Gasteiger charge is -2.40. The number of nitrogens with zero attached hydrogens (tertiary/aromatic N) is 1. The van der Waals surface area contributed by atoms with E-state index in [2.05, 4.69) is 4.90 Å². The molecule has 3 rings (SSSR count). The largest absolute Gasteiger partial charge is 0.478 e. The smallest absolute Gasteiger partial charge is 0.337 e. The van der Waals surface area contributed by atoms with E-state index in [1.54, 1.807) is 6.07 Å². The minimum absolute atomic E-state index is 0.142. The van der Waals surface area contributed by atoms with Crippen LogP contribution < -0.4 is 10.6 Å².